The van der Waals surface area contributed by atoms with Crippen LogP contribution in [0.15, 0.2) is 11.0 Å². The number of hydrogen-bond acceptors (Lipinski definition) is 2. The molecule has 0 aliphatic heterocycles. The molecule has 0 aromatic rings. The zero-order chi connectivity index (χ0) is 15.1. The van der Waals surface area contributed by atoms with Crippen LogP contribution in [0.5, 0.6) is 0 Å². The van der Waals surface area contributed by atoms with Crippen molar-refractivity contribution in [3.05, 3.63) is 11.0 Å². The zero-order valence-corrected chi connectivity index (χ0v) is 14.7. The number of carbonyl (C=O) groups excluding carboxylic acids is 1. The molecule has 0 N–H and O–H groups in total. The molecule has 0 saturated carbocycles. The van der Waals surface area contributed by atoms with Gasteiger partial charge >= 0.3 is 0 Å². The quantitative estimate of drug-likeness (QED) is 0.268. The lowest BCUT2D eigenvalue weighted by Gasteiger charge is -2.07. The molecule has 0 unspecified atom stereocenters. The second-order valence-electron chi connectivity index (χ2n) is 5.50. The fourth-order valence-electron chi connectivity index (χ4n) is 2.07. The third kappa shape index (κ3) is 11.6. The van der Waals surface area contributed by atoms with E-state index in [-0.39, 0.29) is 0 Å². The number of thioether (sulfide) groups is 1. The summed E-state index contributed by atoms with van der Waals surface area (Å²) in [4.78, 5) is 13.3. The highest BCUT2D eigenvalue weighted by Gasteiger charge is 2.09. The number of allylic oxidation sites excluding steroid dienone is 2. The van der Waals surface area contributed by atoms with Gasteiger partial charge in [-0.1, -0.05) is 65.4 Å². The van der Waals surface area contributed by atoms with E-state index in [1.165, 1.54) is 51.4 Å². The van der Waals surface area contributed by atoms with Crippen LogP contribution in [0.4, 0.5) is 0 Å². The second-order valence-corrected chi connectivity index (χ2v) is 6.64. The molecule has 0 aromatic carbocycles. The molecular formula is C18H34OS. The second kappa shape index (κ2) is 15.2. The summed E-state index contributed by atoms with van der Waals surface area (Å²) >= 11 is 1.80. The van der Waals surface area contributed by atoms with Crippen LogP contribution < -0.4 is 0 Å². The number of hydrogen-bond donors (Lipinski definition) is 0. The fraction of sp³-hybridized carbons (Fsp3) is 0.833. The zero-order valence-electron chi connectivity index (χ0n) is 13.9. The molecule has 0 atom stereocenters. The number of Topliss-reactive ketones (excluding diaryl/α,β-unsaturated/α-hetero) is 1. The molecule has 0 bridgehead atoms. The highest BCUT2D eigenvalue weighted by Crippen LogP contribution is 2.22. The third-order valence-corrected chi connectivity index (χ3v) is 4.62. The first-order valence-corrected chi connectivity index (χ1v) is 9.60. The van der Waals surface area contributed by atoms with Gasteiger partial charge in [-0.15, -0.1) is 11.8 Å². The van der Waals surface area contributed by atoms with E-state index in [9.17, 15) is 4.79 Å². The molecule has 0 amide bonds. The summed E-state index contributed by atoms with van der Waals surface area (Å²) in [5.41, 5.74) is 0. The van der Waals surface area contributed by atoms with E-state index in [0.29, 0.717) is 5.78 Å². The largest absolute Gasteiger partial charge is 0.294 e. The van der Waals surface area contributed by atoms with Crippen LogP contribution in [0.25, 0.3) is 0 Å². The molecule has 0 radical (unpaired) electrons. The summed E-state index contributed by atoms with van der Waals surface area (Å²) in [5.74, 6) is 1.49. The van der Waals surface area contributed by atoms with E-state index >= 15 is 0 Å². The van der Waals surface area contributed by atoms with E-state index in [4.69, 9.17) is 0 Å². The fourth-order valence-corrected chi connectivity index (χ4v) is 3.14. The lowest BCUT2D eigenvalue weighted by atomic mass is 10.1. The van der Waals surface area contributed by atoms with Crippen LogP contribution in [-0.2, 0) is 4.79 Å². The average Bonchev–Trinajstić information content (AvgIpc) is 2.45. The van der Waals surface area contributed by atoms with Crippen LogP contribution in [0, 0.1) is 0 Å². The van der Waals surface area contributed by atoms with Crippen molar-refractivity contribution < 1.29 is 4.79 Å². The van der Waals surface area contributed by atoms with Crippen molar-refractivity contribution in [1.82, 2.24) is 0 Å². The van der Waals surface area contributed by atoms with Gasteiger partial charge in [-0.2, -0.15) is 0 Å². The molecular weight excluding hydrogens is 264 g/mol. The first kappa shape index (κ1) is 19.8. The van der Waals surface area contributed by atoms with Gasteiger partial charge in [-0.25, -0.2) is 0 Å². The molecule has 1 nitrogen and oxygen atoms in total. The van der Waals surface area contributed by atoms with Crippen LogP contribution in [0.3, 0.4) is 0 Å². The summed E-state index contributed by atoms with van der Waals surface area (Å²) in [6, 6.07) is 0. The van der Waals surface area contributed by atoms with Gasteiger partial charge in [0.1, 0.15) is 0 Å². The molecule has 0 rings (SSSR count). The van der Waals surface area contributed by atoms with Crippen molar-refractivity contribution in [2.75, 3.05) is 5.75 Å². The summed E-state index contributed by atoms with van der Waals surface area (Å²) in [6.45, 7) is 6.63. The SMILES string of the molecule is CCCCCC=C(SCCCCC)C(=O)CCCCC. The Bertz CT molecular complexity index is 258. The van der Waals surface area contributed by atoms with Gasteiger partial charge in [-0.05, 0) is 31.4 Å². The van der Waals surface area contributed by atoms with Crippen molar-refractivity contribution in [2.24, 2.45) is 0 Å². The van der Waals surface area contributed by atoms with E-state index in [2.05, 4.69) is 26.8 Å². The van der Waals surface area contributed by atoms with E-state index < -0.39 is 0 Å². The lowest BCUT2D eigenvalue weighted by molar-refractivity contribution is -0.115. The summed E-state index contributed by atoms with van der Waals surface area (Å²) in [5, 5.41) is 0. The number of unbranched alkanes of at least 4 members (excludes halogenated alkanes) is 7. The van der Waals surface area contributed by atoms with Gasteiger partial charge in [0.25, 0.3) is 0 Å². The van der Waals surface area contributed by atoms with Gasteiger partial charge in [-0.3, -0.25) is 4.79 Å². The van der Waals surface area contributed by atoms with Crippen molar-refractivity contribution in [1.29, 1.82) is 0 Å². The standard InChI is InChI=1S/C18H34OS/c1-4-7-10-12-15-18(20-16-13-9-6-3)17(19)14-11-8-5-2/h15H,4-14,16H2,1-3H3. The first-order valence-electron chi connectivity index (χ1n) is 8.62. The average molecular weight is 299 g/mol. The smallest absolute Gasteiger partial charge is 0.168 e. The van der Waals surface area contributed by atoms with Crippen molar-refractivity contribution in [2.45, 2.75) is 91.4 Å². The minimum absolute atomic E-state index is 0.386. The van der Waals surface area contributed by atoms with Crippen LogP contribution in [-0.4, -0.2) is 11.5 Å². The topological polar surface area (TPSA) is 17.1 Å². The maximum atomic E-state index is 12.3. The summed E-state index contributed by atoms with van der Waals surface area (Å²) in [6.07, 6.45) is 14.9. The van der Waals surface area contributed by atoms with Gasteiger partial charge in [0.15, 0.2) is 5.78 Å². The van der Waals surface area contributed by atoms with Crippen molar-refractivity contribution in [3.63, 3.8) is 0 Å². The van der Waals surface area contributed by atoms with Gasteiger partial charge in [0, 0.05) is 11.3 Å². The predicted octanol–water partition coefficient (Wildman–Crippen LogP) is 6.52. The van der Waals surface area contributed by atoms with Crippen molar-refractivity contribution in [3.8, 4) is 0 Å². The number of carbonyl (C=O) groups is 1. The normalized spacial score (nSPS) is 11.8. The van der Waals surface area contributed by atoms with Crippen LogP contribution >= 0.6 is 11.8 Å². The summed E-state index contributed by atoms with van der Waals surface area (Å²) in [7, 11) is 0. The Balaban J connectivity index is 4.17. The molecule has 0 spiro atoms. The van der Waals surface area contributed by atoms with Crippen LogP contribution in [0.1, 0.15) is 91.4 Å². The molecule has 20 heavy (non-hydrogen) atoms. The van der Waals surface area contributed by atoms with E-state index in [1.807, 2.05) is 0 Å². The highest BCUT2D eigenvalue weighted by atomic mass is 32.2. The Morgan fingerprint density at radius 3 is 2.10 bits per heavy atom. The molecule has 0 fully saturated rings. The predicted molar refractivity (Wildman–Crippen MR) is 93.4 cm³/mol. The molecule has 0 saturated heterocycles. The Hall–Kier alpha value is -0.240. The Morgan fingerprint density at radius 2 is 1.45 bits per heavy atom. The van der Waals surface area contributed by atoms with Gasteiger partial charge in [0.05, 0.1) is 0 Å². The molecule has 2 heteroatoms. The number of rotatable bonds is 14. The Labute approximate surface area is 131 Å². The molecule has 0 aliphatic rings. The highest BCUT2D eigenvalue weighted by molar-refractivity contribution is 8.04. The molecule has 118 valence electrons. The minimum Gasteiger partial charge on any atom is -0.294 e. The monoisotopic (exact) mass is 298 g/mol. The number of ketones is 1. The maximum Gasteiger partial charge on any atom is 0.168 e. The summed E-state index contributed by atoms with van der Waals surface area (Å²) < 4.78 is 0. The molecule has 0 heterocycles. The van der Waals surface area contributed by atoms with Crippen LogP contribution in [0.2, 0.25) is 0 Å². The molecule has 0 aliphatic carbocycles. The molecule has 0 aromatic heterocycles. The Morgan fingerprint density at radius 1 is 0.850 bits per heavy atom. The Kier molecular flexibility index (Phi) is 15.0. The third-order valence-electron chi connectivity index (χ3n) is 3.43. The lowest BCUT2D eigenvalue weighted by Crippen LogP contribution is -2.01. The van der Waals surface area contributed by atoms with Gasteiger partial charge < -0.3 is 0 Å². The van der Waals surface area contributed by atoms with E-state index in [1.54, 1.807) is 11.8 Å². The van der Waals surface area contributed by atoms with Crippen molar-refractivity contribution >= 4 is 17.5 Å². The first-order chi connectivity index (χ1) is 9.76. The van der Waals surface area contributed by atoms with Gasteiger partial charge in [0.2, 0.25) is 0 Å². The maximum absolute atomic E-state index is 12.3. The van der Waals surface area contributed by atoms with E-state index in [0.717, 1.165) is 29.9 Å². The minimum atomic E-state index is 0.386.